The molecule has 0 aliphatic heterocycles. The standard InChI is InChI=1S/C8H8N2/c1-2-8(7-10)5-3-4-6-9/h2-3,5H,4H2,1H3/b5-3-,8-2+. The van der Waals surface area contributed by atoms with Gasteiger partial charge in [0, 0.05) is 5.57 Å². The van der Waals surface area contributed by atoms with Crippen molar-refractivity contribution < 1.29 is 0 Å². The largest absolute Gasteiger partial charge is 0.198 e. The highest BCUT2D eigenvalue weighted by molar-refractivity contribution is 5.32. The van der Waals surface area contributed by atoms with Crippen LogP contribution in [-0.2, 0) is 0 Å². The van der Waals surface area contributed by atoms with Gasteiger partial charge in [0.1, 0.15) is 0 Å². The van der Waals surface area contributed by atoms with Crippen LogP contribution in [0.1, 0.15) is 13.3 Å². The number of nitriles is 2. The summed E-state index contributed by atoms with van der Waals surface area (Å²) in [5.74, 6) is 0. The van der Waals surface area contributed by atoms with E-state index >= 15 is 0 Å². The van der Waals surface area contributed by atoms with Crippen molar-refractivity contribution in [2.75, 3.05) is 0 Å². The zero-order chi connectivity index (χ0) is 7.82. The van der Waals surface area contributed by atoms with E-state index < -0.39 is 0 Å². The lowest BCUT2D eigenvalue weighted by atomic mass is 10.2. The lowest BCUT2D eigenvalue weighted by Crippen LogP contribution is -1.67. The van der Waals surface area contributed by atoms with Gasteiger partial charge in [-0.15, -0.1) is 0 Å². The average Bonchev–Trinajstić information content (AvgIpc) is 1.99. The van der Waals surface area contributed by atoms with Gasteiger partial charge in [0.25, 0.3) is 0 Å². The fraction of sp³-hybridized carbons (Fsp3) is 0.250. The SMILES string of the molecule is C/C=C(C#N)\C=C/CC#N. The summed E-state index contributed by atoms with van der Waals surface area (Å²) in [6.07, 6.45) is 5.37. The first kappa shape index (κ1) is 8.46. The van der Waals surface area contributed by atoms with Crippen molar-refractivity contribution in [2.45, 2.75) is 13.3 Å². The van der Waals surface area contributed by atoms with Crippen LogP contribution in [0.25, 0.3) is 0 Å². The Hall–Kier alpha value is -1.54. The zero-order valence-electron chi connectivity index (χ0n) is 5.83. The first-order chi connectivity index (χ1) is 4.85. The monoisotopic (exact) mass is 132 g/mol. The molecule has 0 rings (SSSR count). The number of rotatable bonds is 2. The fourth-order valence-electron chi connectivity index (χ4n) is 0.437. The van der Waals surface area contributed by atoms with Crippen molar-refractivity contribution in [1.82, 2.24) is 0 Å². The third-order valence-corrected chi connectivity index (χ3v) is 0.947. The molecule has 0 radical (unpaired) electrons. The van der Waals surface area contributed by atoms with E-state index in [4.69, 9.17) is 10.5 Å². The molecule has 0 aromatic heterocycles. The van der Waals surface area contributed by atoms with Gasteiger partial charge in [0.05, 0.1) is 18.6 Å². The topological polar surface area (TPSA) is 47.6 Å². The summed E-state index contributed by atoms with van der Waals surface area (Å²) in [4.78, 5) is 0. The van der Waals surface area contributed by atoms with Crippen molar-refractivity contribution >= 4 is 0 Å². The van der Waals surface area contributed by atoms with Crippen molar-refractivity contribution in [1.29, 1.82) is 10.5 Å². The molecule has 2 nitrogen and oxygen atoms in total. The maximum atomic E-state index is 8.37. The highest BCUT2D eigenvalue weighted by Gasteiger charge is 1.81. The second kappa shape index (κ2) is 5.59. The Morgan fingerprint density at radius 2 is 2.20 bits per heavy atom. The van der Waals surface area contributed by atoms with Crippen molar-refractivity contribution in [3.63, 3.8) is 0 Å². The van der Waals surface area contributed by atoms with Gasteiger partial charge in [-0.1, -0.05) is 12.2 Å². The van der Waals surface area contributed by atoms with Gasteiger partial charge in [-0.05, 0) is 13.0 Å². The van der Waals surface area contributed by atoms with Crippen LogP contribution in [0.3, 0.4) is 0 Å². The average molecular weight is 132 g/mol. The molecule has 50 valence electrons. The van der Waals surface area contributed by atoms with Gasteiger partial charge >= 0.3 is 0 Å². The van der Waals surface area contributed by atoms with E-state index in [9.17, 15) is 0 Å². The number of hydrogen-bond donors (Lipinski definition) is 0. The van der Waals surface area contributed by atoms with Gasteiger partial charge < -0.3 is 0 Å². The molecule has 0 N–H and O–H groups in total. The predicted molar refractivity (Wildman–Crippen MR) is 38.7 cm³/mol. The Kier molecular flexibility index (Phi) is 4.73. The van der Waals surface area contributed by atoms with E-state index in [1.807, 2.05) is 12.1 Å². The molecule has 0 spiro atoms. The van der Waals surface area contributed by atoms with Crippen LogP contribution in [0.15, 0.2) is 23.8 Å². The predicted octanol–water partition coefficient (Wildman–Crippen LogP) is 1.93. The van der Waals surface area contributed by atoms with Gasteiger partial charge in [-0.3, -0.25) is 0 Å². The molecule has 10 heavy (non-hydrogen) atoms. The summed E-state index contributed by atoms with van der Waals surface area (Å²) in [6, 6.07) is 3.92. The summed E-state index contributed by atoms with van der Waals surface area (Å²) < 4.78 is 0. The second-order valence-corrected chi connectivity index (χ2v) is 1.62. The highest BCUT2D eigenvalue weighted by Crippen LogP contribution is 1.94. The zero-order valence-corrected chi connectivity index (χ0v) is 5.83. The van der Waals surface area contributed by atoms with E-state index in [2.05, 4.69) is 0 Å². The first-order valence-corrected chi connectivity index (χ1v) is 2.95. The summed E-state index contributed by atoms with van der Waals surface area (Å²) in [7, 11) is 0. The molecule has 0 aromatic rings. The summed E-state index contributed by atoms with van der Waals surface area (Å²) >= 11 is 0. The molecule has 0 saturated heterocycles. The van der Waals surface area contributed by atoms with Crippen molar-refractivity contribution in [3.8, 4) is 12.1 Å². The minimum atomic E-state index is 0.360. The van der Waals surface area contributed by atoms with E-state index in [-0.39, 0.29) is 0 Å². The van der Waals surface area contributed by atoms with E-state index in [0.29, 0.717) is 12.0 Å². The molecule has 0 unspecified atom stereocenters. The molecule has 0 heterocycles. The lowest BCUT2D eigenvalue weighted by molar-refractivity contribution is 1.35. The Morgan fingerprint density at radius 1 is 1.50 bits per heavy atom. The molecular weight excluding hydrogens is 124 g/mol. The maximum Gasteiger partial charge on any atom is 0.0987 e. The summed E-state index contributed by atoms with van der Waals surface area (Å²) in [5.41, 5.74) is 0.593. The molecule has 0 aliphatic carbocycles. The van der Waals surface area contributed by atoms with Crippen LogP contribution in [0.4, 0.5) is 0 Å². The third-order valence-electron chi connectivity index (χ3n) is 0.947. The van der Waals surface area contributed by atoms with E-state index in [1.165, 1.54) is 0 Å². The summed E-state index contributed by atoms with van der Waals surface area (Å²) in [6.45, 7) is 1.79. The molecule has 0 aliphatic rings. The van der Waals surface area contributed by atoms with Crippen LogP contribution in [0.2, 0.25) is 0 Å². The molecular formula is C8H8N2. The van der Waals surface area contributed by atoms with Crippen LogP contribution >= 0.6 is 0 Å². The molecule has 0 fully saturated rings. The van der Waals surface area contributed by atoms with E-state index in [0.717, 1.165) is 0 Å². The normalized spacial score (nSPS) is 10.9. The number of nitrogens with zero attached hydrogens (tertiary/aromatic N) is 2. The summed E-state index contributed by atoms with van der Waals surface area (Å²) in [5, 5.41) is 16.5. The first-order valence-electron chi connectivity index (χ1n) is 2.95. The minimum Gasteiger partial charge on any atom is -0.198 e. The fourth-order valence-corrected chi connectivity index (χ4v) is 0.437. The smallest absolute Gasteiger partial charge is 0.0987 e. The van der Waals surface area contributed by atoms with Crippen LogP contribution < -0.4 is 0 Å². The molecule has 0 aromatic carbocycles. The highest BCUT2D eigenvalue weighted by atomic mass is 14.2. The minimum absolute atomic E-state index is 0.360. The molecule has 0 bridgehead atoms. The van der Waals surface area contributed by atoms with Crippen molar-refractivity contribution in [3.05, 3.63) is 23.8 Å². The second-order valence-electron chi connectivity index (χ2n) is 1.62. The van der Waals surface area contributed by atoms with Crippen LogP contribution in [0, 0.1) is 22.7 Å². The van der Waals surface area contributed by atoms with Crippen LogP contribution in [-0.4, -0.2) is 0 Å². The lowest BCUT2D eigenvalue weighted by Gasteiger charge is -1.80. The molecule has 2 heteroatoms. The van der Waals surface area contributed by atoms with Gasteiger partial charge in [-0.2, -0.15) is 10.5 Å². The Morgan fingerprint density at radius 3 is 2.60 bits per heavy atom. The van der Waals surface area contributed by atoms with Gasteiger partial charge in [-0.25, -0.2) is 0 Å². The molecule has 0 amide bonds. The molecule has 0 saturated carbocycles. The van der Waals surface area contributed by atoms with Gasteiger partial charge in [0.15, 0.2) is 0 Å². The Labute approximate surface area is 60.7 Å². The number of allylic oxidation sites excluding steroid dienone is 4. The Balaban J connectivity index is 3.92. The third kappa shape index (κ3) is 3.46. The van der Waals surface area contributed by atoms with E-state index in [1.54, 1.807) is 25.2 Å². The number of hydrogen-bond acceptors (Lipinski definition) is 2. The van der Waals surface area contributed by atoms with Crippen LogP contribution in [0.5, 0.6) is 0 Å². The van der Waals surface area contributed by atoms with Gasteiger partial charge in [0.2, 0.25) is 0 Å². The maximum absolute atomic E-state index is 8.37. The van der Waals surface area contributed by atoms with Crippen molar-refractivity contribution in [2.24, 2.45) is 0 Å². The molecule has 0 atom stereocenters. The quantitative estimate of drug-likeness (QED) is 0.425. The Bertz CT molecular complexity index is 223.